The van der Waals surface area contributed by atoms with Crippen LogP contribution >= 0.6 is 0 Å². The Morgan fingerprint density at radius 1 is 1.18 bits per heavy atom. The van der Waals surface area contributed by atoms with E-state index in [0.29, 0.717) is 0 Å². The first kappa shape index (κ1) is 11.8. The molecule has 0 fully saturated rings. The Hall–Kier alpha value is -1.71. The van der Waals surface area contributed by atoms with Crippen LogP contribution in [-0.4, -0.2) is 14.5 Å². The van der Waals surface area contributed by atoms with Crippen LogP contribution in [0.1, 0.15) is 35.6 Å². The van der Waals surface area contributed by atoms with Gasteiger partial charge < -0.3 is 5.43 Å². The fourth-order valence-electron chi connectivity index (χ4n) is 2.18. The predicted octanol–water partition coefficient (Wildman–Crippen LogP) is 2.45. The molecule has 0 saturated carbocycles. The second-order valence-electron chi connectivity index (χ2n) is 4.65. The van der Waals surface area contributed by atoms with Crippen LogP contribution in [0.4, 0.5) is 0 Å². The summed E-state index contributed by atoms with van der Waals surface area (Å²) in [5.41, 5.74) is 8.24. The molecular formula is C13H20N4. The minimum absolute atomic E-state index is 0.244. The third-order valence-corrected chi connectivity index (χ3v) is 3.11. The summed E-state index contributed by atoms with van der Waals surface area (Å²) in [6.07, 6.45) is 2.07. The number of hydrogen-bond donors (Lipinski definition) is 1. The van der Waals surface area contributed by atoms with Crippen LogP contribution in [-0.2, 0) is 7.05 Å². The van der Waals surface area contributed by atoms with Crippen LogP contribution in [0, 0.1) is 20.8 Å². The number of aryl methyl sites for hydroxylation is 4. The molecule has 0 saturated heterocycles. The summed E-state index contributed by atoms with van der Waals surface area (Å²) >= 11 is 0. The van der Waals surface area contributed by atoms with E-state index in [9.17, 15) is 0 Å². The highest BCUT2D eigenvalue weighted by Crippen LogP contribution is 2.18. The van der Waals surface area contributed by atoms with Gasteiger partial charge in [0.1, 0.15) is 0 Å². The lowest BCUT2D eigenvalue weighted by Gasteiger charge is -2.19. The molecular weight excluding hydrogens is 212 g/mol. The zero-order chi connectivity index (χ0) is 12.6. The maximum atomic E-state index is 4.37. The van der Waals surface area contributed by atoms with Crippen molar-refractivity contribution in [3.05, 3.63) is 41.0 Å². The highest BCUT2D eigenvalue weighted by Gasteiger charge is 2.12. The second-order valence-corrected chi connectivity index (χ2v) is 4.65. The van der Waals surface area contributed by atoms with E-state index in [4.69, 9.17) is 0 Å². The Morgan fingerprint density at radius 2 is 1.76 bits per heavy atom. The van der Waals surface area contributed by atoms with E-state index in [2.05, 4.69) is 54.3 Å². The minimum atomic E-state index is 0.244. The van der Waals surface area contributed by atoms with Gasteiger partial charge in [0.2, 0.25) is 0 Å². The number of hydrogen-bond acceptors (Lipinski definition) is 2. The van der Waals surface area contributed by atoms with Crippen LogP contribution in [0.25, 0.3) is 0 Å². The first-order valence-electron chi connectivity index (χ1n) is 5.90. The molecule has 4 heteroatoms. The van der Waals surface area contributed by atoms with Crippen LogP contribution in [0.3, 0.4) is 0 Å². The Balaban J connectivity index is 2.22. The zero-order valence-corrected chi connectivity index (χ0v) is 11.2. The molecule has 1 unspecified atom stereocenters. The van der Waals surface area contributed by atoms with Crippen LogP contribution in [0.2, 0.25) is 0 Å². The van der Waals surface area contributed by atoms with Crippen molar-refractivity contribution < 1.29 is 0 Å². The van der Waals surface area contributed by atoms with Gasteiger partial charge in [0.15, 0.2) is 0 Å². The second kappa shape index (κ2) is 4.28. The quantitative estimate of drug-likeness (QED) is 0.882. The van der Waals surface area contributed by atoms with Crippen molar-refractivity contribution >= 4 is 0 Å². The standard InChI is InChI=1S/C13H20N4/c1-9-6-7-10(2)17(9)15-12(4)13-8-16(5)14-11(13)3/h6-8,12,15H,1-5H3. The largest absolute Gasteiger partial charge is 0.319 e. The fourth-order valence-corrected chi connectivity index (χ4v) is 2.18. The smallest absolute Gasteiger partial charge is 0.0679 e. The van der Waals surface area contributed by atoms with Gasteiger partial charge in [0, 0.05) is 30.2 Å². The number of nitrogens with zero attached hydrogens (tertiary/aromatic N) is 3. The van der Waals surface area contributed by atoms with Gasteiger partial charge in [-0.3, -0.25) is 9.36 Å². The normalized spacial score (nSPS) is 12.8. The molecule has 4 nitrogen and oxygen atoms in total. The van der Waals surface area contributed by atoms with Gasteiger partial charge in [-0.1, -0.05) is 0 Å². The molecule has 0 spiro atoms. The van der Waals surface area contributed by atoms with Gasteiger partial charge in [0.05, 0.1) is 11.7 Å². The van der Waals surface area contributed by atoms with E-state index >= 15 is 0 Å². The molecule has 0 aliphatic heterocycles. The van der Waals surface area contributed by atoms with Crippen molar-refractivity contribution in [2.75, 3.05) is 5.43 Å². The van der Waals surface area contributed by atoms with Gasteiger partial charge in [-0.05, 0) is 39.8 Å². The number of rotatable bonds is 3. The number of aromatic nitrogens is 3. The molecule has 0 amide bonds. The summed E-state index contributed by atoms with van der Waals surface area (Å²) < 4.78 is 3.98. The molecule has 92 valence electrons. The van der Waals surface area contributed by atoms with Crippen molar-refractivity contribution in [2.45, 2.75) is 33.7 Å². The van der Waals surface area contributed by atoms with E-state index in [1.165, 1.54) is 17.0 Å². The third-order valence-electron chi connectivity index (χ3n) is 3.11. The molecule has 0 aliphatic rings. The molecule has 17 heavy (non-hydrogen) atoms. The Bertz CT molecular complexity index is 502. The van der Waals surface area contributed by atoms with Gasteiger partial charge in [-0.2, -0.15) is 5.10 Å². The third kappa shape index (κ3) is 2.20. The molecule has 2 rings (SSSR count). The molecule has 0 bridgehead atoms. The average Bonchev–Trinajstić information content (AvgIpc) is 2.74. The first-order valence-corrected chi connectivity index (χ1v) is 5.90. The molecule has 1 N–H and O–H groups in total. The van der Waals surface area contributed by atoms with Crippen molar-refractivity contribution in [2.24, 2.45) is 7.05 Å². The highest BCUT2D eigenvalue weighted by atomic mass is 15.4. The fraction of sp³-hybridized carbons (Fsp3) is 0.462. The van der Waals surface area contributed by atoms with Crippen molar-refractivity contribution in [3.8, 4) is 0 Å². The lowest BCUT2D eigenvalue weighted by molar-refractivity contribution is 0.695. The molecule has 0 aromatic carbocycles. The Labute approximate surface area is 102 Å². The van der Waals surface area contributed by atoms with Gasteiger partial charge >= 0.3 is 0 Å². The van der Waals surface area contributed by atoms with Gasteiger partial charge in [0.25, 0.3) is 0 Å². The highest BCUT2D eigenvalue weighted by molar-refractivity contribution is 5.24. The Kier molecular flexibility index (Phi) is 2.96. The van der Waals surface area contributed by atoms with Crippen LogP contribution < -0.4 is 5.43 Å². The van der Waals surface area contributed by atoms with Gasteiger partial charge in [-0.25, -0.2) is 0 Å². The minimum Gasteiger partial charge on any atom is -0.319 e. The van der Waals surface area contributed by atoms with E-state index in [-0.39, 0.29) is 6.04 Å². The van der Waals surface area contributed by atoms with Crippen LogP contribution in [0.15, 0.2) is 18.3 Å². The summed E-state index contributed by atoms with van der Waals surface area (Å²) in [5, 5.41) is 4.37. The Morgan fingerprint density at radius 3 is 2.24 bits per heavy atom. The van der Waals surface area contributed by atoms with Crippen LogP contribution in [0.5, 0.6) is 0 Å². The van der Waals surface area contributed by atoms with E-state index in [0.717, 1.165) is 5.69 Å². The summed E-state index contributed by atoms with van der Waals surface area (Å²) in [5.74, 6) is 0. The van der Waals surface area contributed by atoms with Crippen molar-refractivity contribution in [1.29, 1.82) is 0 Å². The lowest BCUT2D eigenvalue weighted by atomic mass is 10.1. The average molecular weight is 232 g/mol. The van der Waals surface area contributed by atoms with E-state index < -0.39 is 0 Å². The topological polar surface area (TPSA) is 34.8 Å². The number of nitrogens with one attached hydrogen (secondary N) is 1. The van der Waals surface area contributed by atoms with E-state index in [1.807, 2.05) is 18.7 Å². The summed E-state index contributed by atoms with van der Waals surface area (Å²) in [7, 11) is 1.95. The molecule has 0 radical (unpaired) electrons. The summed E-state index contributed by atoms with van der Waals surface area (Å²) in [4.78, 5) is 0. The molecule has 2 heterocycles. The van der Waals surface area contributed by atoms with Gasteiger partial charge in [-0.15, -0.1) is 0 Å². The molecule has 2 aromatic rings. The van der Waals surface area contributed by atoms with Crippen molar-refractivity contribution in [3.63, 3.8) is 0 Å². The lowest BCUT2D eigenvalue weighted by Crippen LogP contribution is -2.21. The van der Waals surface area contributed by atoms with Crippen molar-refractivity contribution in [1.82, 2.24) is 14.5 Å². The maximum absolute atomic E-state index is 4.37. The molecule has 2 aromatic heterocycles. The molecule has 1 atom stereocenters. The predicted molar refractivity (Wildman–Crippen MR) is 69.6 cm³/mol. The zero-order valence-electron chi connectivity index (χ0n) is 11.2. The maximum Gasteiger partial charge on any atom is 0.0679 e. The SMILES string of the molecule is Cc1nn(C)cc1C(C)Nn1c(C)ccc1C. The first-order chi connectivity index (χ1) is 7.99. The van der Waals surface area contributed by atoms with E-state index in [1.54, 1.807) is 0 Å². The summed E-state index contributed by atoms with van der Waals surface area (Å²) in [6.45, 7) is 8.40. The monoisotopic (exact) mass is 232 g/mol. The molecule has 0 aliphatic carbocycles. The summed E-state index contributed by atoms with van der Waals surface area (Å²) in [6, 6.07) is 4.48.